The quantitative estimate of drug-likeness (QED) is 0.621. The summed E-state index contributed by atoms with van der Waals surface area (Å²) < 4.78 is 10.2. The molecular weight excluding hydrogens is 364 g/mol. The van der Waals surface area contributed by atoms with Crippen LogP contribution in [0, 0.1) is 0 Å². The lowest BCUT2D eigenvalue weighted by Crippen LogP contribution is -2.28. The summed E-state index contributed by atoms with van der Waals surface area (Å²) in [6.07, 6.45) is 9.92. The van der Waals surface area contributed by atoms with Crippen LogP contribution in [-0.4, -0.2) is 39.3 Å². The Kier molecular flexibility index (Phi) is 11.7. The summed E-state index contributed by atoms with van der Waals surface area (Å²) in [4.78, 5) is 5.24. The molecule has 0 unspecified atom stereocenters. The number of fused-ring (bicyclic) bond motifs is 1. The van der Waals surface area contributed by atoms with E-state index in [9.17, 15) is 0 Å². The molecule has 3 rings (SSSR count). The Labute approximate surface area is 167 Å². The van der Waals surface area contributed by atoms with Crippen molar-refractivity contribution in [1.29, 1.82) is 0 Å². The number of thiol groups is 1. The number of aromatic nitrogens is 1. The van der Waals surface area contributed by atoms with E-state index in [0.717, 1.165) is 35.9 Å². The molecular formula is C20H29N2O2S2+. The van der Waals surface area contributed by atoms with Gasteiger partial charge in [0.25, 0.3) is 0 Å². The largest absolute Gasteiger partial charge is 0.490 e. The third-order valence-electron chi connectivity index (χ3n) is 3.46. The first kappa shape index (κ1) is 22.4. The molecule has 0 atom stereocenters. The maximum atomic E-state index is 5.71. The number of benzene rings is 1. The van der Waals surface area contributed by atoms with E-state index in [-0.39, 0.29) is 0 Å². The molecule has 1 aromatic heterocycles. The fraction of sp³-hybridized carbons (Fsp3) is 0.350. The Bertz CT molecular complexity index is 650. The first-order valence-electron chi connectivity index (χ1n) is 8.46. The van der Waals surface area contributed by atoms with E-state index in [1.165, 1.54) is 17.6 Å². The van der Waals surface area contributed by atoms with Gasteiger partial charge in [-0.1, -0.05) is 25.1 Å². The molecule has 142 valence electrons. The monoisotopic (exact) mass is 393 g/mol. The smallest absolute Gasteiger partial charge is 0.167 e. The van der Waals surface area contributed by atoms with Gasteiger partial charge in [0.2, 0.25) is 0 Å². The Morgan fingerprint density at radius 3 is 2.46 bits per heavy atom. The molecule has 2 aromatic rings. The zero-order valence-electron chi connectivity index (χ0n) is 15.9. The minimum atomic E-state index is 0.755. The van der Waals surface area contributed by atoms with E-state index < -0.39 is 0 Å². The van der Waals surface area contributed by atoms with Crippen LogP contribution in [0.1, 0.15) is 18.1 Å². The molecule has 0 bridgehead atoms. The summed E-state index contributed by atoms with van der Waals surface area (Å²) >= 11 is 5.15. The molecule has 1 N–H and O–H groups in total. The van der Waals surface area contributed by atoms with Crippen LogP contribution in [0.5, 0.6) is 5.75 Å². The van der Waals surface area contributed by atoms with Crippen LogP contribution < -0.4 is 14.6 Å². The highest BCUT2D eigenvalue weighted by molar-refractivity contribution is 7.93. The molecule has 4 nitrogen and oxygen atoms in total. The van der Waals surface area contributed by atoms with Crippen molar-refractivity contribution in [3.05, 3.63) is 53.9 Å². The van der Waals surface area contributed by atoms with Crippen molar-refractivity contribution in [2.45, 2.75) is 6.92 Å². The maximum absolute atomic E-state index is 5.71. The average molecular weight is 394 g/mol. The second-order valence-electron chi connectivity index (χ2n) is 5.31. The number of hydrogen-bond acceptors (Lipinski definition) is 5. The lowest BCUT2D eigenvalue weighted by atomic mass is 10.1. The van der Waals surface area contributed by atoms with E-state index in [4.69, 9.17) is 4.74 Å². The highest BCUT2D eigenvalue weighted by Gasteiger charge is 2.14. The van der Waals surface area contributed by atoms with E-state index >= 15 is 0 Å². The van der Waals surface area contributed by atoms with Gasteiger partial charge in [-0.2, -0.15) is 12.6 Å². The molecule has 0 saturated carbocycles. The van der Waals surface area contributed by atoms with E-state index in [2.05, 4.69) is 64.1 Å². The minimum absolute atomic E-state index is 0.755. The van der Waals surface area contributed by atoms with Crippen molar-refractivity contribution in [1.82, 2.24) is 0 Å². The van der Waals surface area contributed by atoms with Crippen molar-refractivity contribution >= 4 is 42.5 Å². The Hall–Kier alpha value is -1.63. The van der Waals surface area contributed by atoms with Crippen molar-refractivity contribution < 1.29 is 13.9 Å². The van der Waals surface area contributed by atoms with Gasteiger partial charge in [-0.25, -0.2) is 4.98 Å². The fourth-order valence-corrected chi connectivity index (χ4v) is 2.18. The number of rotatable bonds is 3. The van der Waals surface area contributed by atoms with Crippen LogP contribution in [0.3, 0.4) is 0 Å². The Balaban J connectivity index is 0.000000419. The standard InChI is InChI=1S/C16H16N2O.C2H6OS.C2H6S/c1-18-10-11-19-16-12-14(4-5-15(16)18)3-2-13-6-8-17-9-7-13;1-3-4-2;1-2-3/h2-9,12H,10-11H2,1H3;1-2H3;3H,2H2,1H3/p+1/b3-2+;;. The molecule has 26 heavy (non-hydrogen) atoms. The van der Waals surface area contributed by atoms with Crippen LogP contribution in [0.25, 0.3) is 12.2 Å². The summed E-state index contributed by atoms with van der Waals surface area (Å²) in [6.45, 7) is 3.69. The van der Waals surface area contributed by atoms with Crippen LogP contribution in [0.4, 0.5) is 5.69 Å². The van der Waals surface area contributed by atoms with Crippen LogP contribution in [0.15, 0.2) is 42.7 Å². The number of aromatic amines is 1. The normalized spacial score (nSPS) is 12.3. The van der Waals surface area contributed by atoms with Gasteiger partial charge in [0.05, 0.1) is 19.3 Å². The second-order valence-corrected chi connectivity index (χ2v) is 6.61. The number of H-pyrrole nitrogens is 1. The minimum Gasteiger partial charge on any atom is -0.490 e. The molecule has 0 aliphatic carbocycles. The molecule has 1 aliphatic heterocycles. The number of nitrogens with zero attached hydrogens (tertiary/aromatic N) is 1. The second kappa shape index (κ2) is 13.6. The summed E-state index contributed by atoms with van der Waals surface area (Å²) in [7, 11) is 3.74. The molecule has 0 amide bonds. The average Bonchev–Trinajstić information content (AvgIpc) is 2.68. The van der Waals surface area contributed by atoms with Crippen molar-refractivity contribution in [3.63, 3.8) is 0 Å². The molecule has 0 saturated heterocycles. The van der Waals surface area contributed by atoms with Crippen molar-refractivity contribution in [2.75, 3.05) is 44.2 Å². The number of nitrogens with one attached hydrogen (secondary N) is 1. The molecule has 1 aromatic carbocycles. The number of ether oxygens (including phenoxy) is 1. The predicted molar refractivity (Wildman–Crippen MR) is 117 cm³/mol. The third-order valence-corrected chi connectivity index (χ3v) is 3.79. The van der Waals surface area contributed by atoms with Crippen molar-refractivity contribution in [2.24, 2.45) is 0 Å². The lowest BCUT2D eigenvalue weighted by molar-refractivity contribution is -0.378. The van der Waals surface area contributed by atoms with Gasteiger partial charge in [-0.3, -0.25) is 0 Å². The van der Waals surface area contributed by atoms with Crippen LogP contribution in [0.2, 0.25) is 0 Å². The van der Waals surface area contributed by atoms with Gasteiger partial charge in [0, 0.05) is 25.4 Å². The molecule has 1 aliphatic rings. The molecule has 0 fully saturated rings. The summed E-state index contributed by atoms with van der Waals surface area (Å²) in [5.74, 6) is 1.91. The summed E-state index contributed by atoms with van der Waals surface area (Å²) in [6, 6.07) is 10.4. The lowest BCUT2D eigenvalue weighted by Gasteiger charge is -2.27. The Morgan fingerprint density at radius 2 is 1.85 bits per heavy atom. The fourth-order valence-electron chi connectivity index (χ4n) is 2.18. The van der Waals surface area contributed by atoms with Crippen LogP contribution in [-0.2, 0) is 4.18 Å². The SMILES string of the molecule is CCS.CN1CCOc2cc(/C=C/c3cc[nH+]cc3)ccc21.COSC. The van der Waals surface area contributed by atoms with Crippen LogP contribution >= 0.6 is 24.7 Å². The first-order chi connectivity index (χ1) is 12.7. The predicted octanol–water partition coefficient (Wildman–Crippen LogP) is 4.35. The third kappa shape index (κ3) is 8.17. The molecule has 0 radical (unpaired) electrons. The van der Waals surface area contributed by atoms with Gasteiger partial charge in [0.15, 0.2) is 12.4 Å². The number of hydrogen-bond donors (Lipinski definition) is 1. The van der Waals surface area contributed by atoms with Gasteiger partial charge in [-0.05, 0) is 41.1 Å². The van der Waals surface area contributed by atoms with Gasteiger partial charge in [-0.15, -0.1) is 0 Å². The molecule has 6 heteroatoms. The van der Waals surface area contributed by atoms with Crippen molar-refractivity contribution in [3.8, 4) is 5.75 Å². The number of anilines is 1. The number of pyridine rings is 1. The molecule has 2 heterocycles. The summed E-state index contributed by atoms with van der Waals surface area (Å²) in [5.41, 5.74) is 3.49. The molecule has 0 spiro atoms. The maximum Gasteiger partial charge on any atom is 0.167 e. The number of likely N-dealkylation sites (N-methyl/N-ethyl adjacent to an activating group) is 1. The zero-order chi connectivity index (χ0) is 19.2. The Morgan fingerprint density at radius 1 is 1.23 bits per heavy atom. The van der Waals surface area contributed by atoms with Gasteiger partial charge < -0.3 is 13.8 Å². The summed E-state index contributed by atoms with van der Waals surface area (Å²) in [5, 5.41) is 0. The topological polar surface area (TPSA) is 35.8 Å². The highest BCUT2D eigenvalue weighted by Crippen LogP contribution is 2.31. The first-order valence-corrected chi connectivity index (χ1v) is 10.2. The highest BCUT2D eigenvalue weighted by atomic mass is 32.2. The zero-order valence-corrected chi connectivity index (χ0v) is 17.6. The van der Waals surface area contributed by atoms with Gasteiger partial charge >= 0.3 is 0 Å². The van der Waals surface area contributed by atoms with E-state index in [1.807, 2.05) is 37.7 Å². The van der Waals surface area contributed by atoms with E-state index in [1.54, 1.807) is 7.11 Å². The van der Waals surface area contributed by atoms with E-state index in [0.29, 0.717) is 0 Å². The van der Waals surface area contributed by atoms with Gasteiger partial charge in [0.1, 0.15) is 12.4 Å².